The molecule has 74 valence electrons. The average molecular weight is 193 g/mol. The van der Waals surface area contributed by atoms with Crippen LogP contribution in [0.25, 0.3) is 5.78 Å². The molecule has 2 aromatic rings. The van der Waals surface area contributed by atoms with Crippen LogP contribution >= 0.6 is 0 Å². The van der Waals surface area contributed by atoms with Crippen molar-refractivity contribution >= 4 is 5.78 Å². The maximum atomic E-state index is 8.52. The van der Waals surface area contributed by atoms with Crippen molar-refractivity contribution in [2.24, 2.45) is 0 Å². The monoisotopic (exact) mass is 193 g/mol. The lowest BCUT2D eigenvalue weighted by molar-refractivity contribution is 0.161. The van der Waals surface area contributed by atoms with E-state index in [4.69, 9.17) is 5.21 Å². The smallest absolute Gasteiger partial charge is 0.252 e. The molecule has 0 atom stereocenters. The molecule has 6 nitrogen and oxygen atoms in total. The SMILES string of the molecule is CCc1nc2ncc(CNO)cn2n1. The molecule has 0 aromatic carbocycles. The third-order valence-corrected chi connectivity index (χ3v) is 1.89. The van der Waals surface area contributed by atoms with Crippen molar-refractivity contribution < 1.29 is 5.21 Å². The molecule has 0 saturated carbocycles. The van der Waals surface area contributed by atoms with Crippen LogP contribution in [0.4, 0.5) is 0 Å². The molecular weight excluding hydrogens is 182 g/mol. The van der Waals surface area contributed by atoms with Gasteiger partial charge in [0.15, 0.2) is 5.82 Å². The van der Waals surface area contributed by atoms with E-state index in [9.17, 15) is 0 Å². The van der Waals surface area contributed by atoms with E-state index in [2.05, 4.69) is 20.5 Å². The van der Waals surface area contributed by atoms with E-state index in [1.807, 2.05) is 6.92 Å². The zero-order valence-electron chi connectivity index (χ0n) is 7.80. The van der Waals surface area contributed by atoms with Gasteiger partial charge in [0, 0.05) is 30.9 Å². The van der Waals surface area contributed by atoms with Crippen LogP contribution in [-0.2, 0) is 13.0 Å². The first kappa shape index (κ1) is 9.04. The number of hydrogen-bond acceptors (Lipinski definition) is 5. The molecule has 0 fully saturated rings. The van der Waals surface area contributed by atoms with Crippen molar-refractivity contribution in [1.29, 1.82) is 0 Å². The highest BCUT2D eigenvalue weighted by Crippen LogP contribution is 2.01. The summed E-state index contributed by atoms with van der Waals surface area (Å²) in [6, 6.07) is 0. The molecule has 0 aliphatic carbocycles. The first-order valence-electron chi connectivity index (χ1n) is 4.40. The summed E-state index contributed by atoms with van der Waals surface area (Å²) in [5, 5.41) is 12.7. The summed E-state index contributed by atoms with van der Waals surface area (Å²) in [6.07, 6.45) is 4.24. The van der Waals surface area contributed by atoms with Gasteiger partial charge < -0.3 is 5.21 Å². The number of rotatable bonds is 3. The van der Waals surface area contributed by atoms with Crippen LogP contribution in [0.5, 0.6) is 0 Å². The van der Waals surface area contributed by atoms with Gasteiger partial charge in [-0.1, -0.05) is 6.92 Å². The predicted molar refractivity (Wildman–Crippen MR) is 48.8 cm³/mol. The Morgan fingerprint density at radius 2 is 2.43 bits per heavy atom. The molecule has 0 saturated heterocycles. The lowest BCUT2D eigenvalue weighted by Crippen LogP contribution is -2.07. The summed E-state index contributed by atoms with van der Waals surface area (Å²) < 4.78 is 1.62. The van der Waals surface area contributed by atoms with Crippen LogP contribution < -0.4 is 5.48 Å². The van der Waals surface area contributed by atoms with Crippen LogP contribution in [-0.4, -0.2) is 24.8 Å². The number of aromatic nitrogens is 4. The van der Waals surface area contributed by atoms with Crippen molar-refractivity contribution in [2.45, 2.75) is 19.9 Å². The maximum absolute atomic E-state index is 8.52. The van der Waals surface area contributed by atoms with Crippen LogP contribution in [0.15, 0.2) is 12.4 Å². The largest absolute Gasteiger partial charge is 0.316 e. The number of aryl methyl sites for hydroxylation is 1. The Morgan fingerprint density at radius 3 is 3.14 bits per heavy atom. The first-order chi connectivity index (χ1) is 6.83. The molecule has 2 rings (SSSR count). The second-order valence-electron chi connectivity index (χ2n) is 2.92. The molecule has 2 aromatic heterocycles. The summed E-state index contributed by atoms with van der Waals surface area (Å²) in [5.74, 6) is 1.36. The molecular formula is C8H11N5O. The van der Waals surface area contributed by atoms with E-state index in [-0.39, 0.29) is 0 Å². The molecule has 14 heavy (non-hydrogen) atoms. The molecule has 0 aliphatic rings. The molecule has 2 N–H and O–H groups in total. The maximum Gasteiger partial charge on any atom is 0.252 e. The normalized spacial score (nSPS) is 11.0. The van der Waals surface area contributed by atoms with E-state index in [0.29, 0.717) is 12.3 Å². The fourth-order valence-electron chi connectivity index (χ4n) is 1.20. The highest BCUT2D eigenvalue weighted by Gasteiger charge is 2.02. The van der Waals surface area contributed by atoms with Gasteiger partial charge in [0.05, 0.1) is 0 Å². The van der Waals surface area contributed by atoms with Gasteiger partial charge in [0.2, 0.25) is 0 Å². The van der Waals surface area contributed by atoms with Crippen LogP contribution in [0.2, 0.25) is 0 Å². The zero-order chi connectivity index (χ0) is 9.97. The molecule has 0 amide bonds. The molecule has 0 spiro atoms. The topological polar surface area (TPSA) is 75.3 Å². The predicted octanol–water partition coefficient (Wildman–Crippen LogP) is 0.165. The highest BCUT2D eigenvalue weighted by molar-refractivity contribution is 5.27. The Hall–Kier alpha value is -1.53. The first-order valence-corrected chi connectivity index (χ1v) is 4.40. The number of fused-ring (bicyclic) bond motifs is 1. The highest BCUT2D eigenvalue weighted by atomic mass is 16.5. The average Bonchev–Trinajstić information content (AvgIpc) is 2.60. The molecule has 0 unspecified atom stereocenters. The van der Waals surface area contributed by atoms with E-state index in [1.54, 1.807) is 16.9 Å². The van der Waals surface area contributed by atoms with Crippen molar-refractivity contribution in [3.8, 4) is 0 Å². The van der Waals surface area contributed by atoms with E-state index < -0.39 is 0 Å². The minimum absolute atomic E-state index is 0.351. The molecule has 6 heteroatoms. The van der Waals surface area contributed by atoms with Gasteiger partial charge in [0.25, 0.3) is 5.78 Å². The molecule has 0 radical (unpaired) electrons. The third-order valence-electron chi connectivity index (χ3n) is 1.89. The van der Waals surface area contributed by atoms with Crippen LogP contribution in [0, 0.1) is 0 Å². The van der Waals surface area contributed by atoms with Gasteiger partial charge in [-0.25, -0.2) is 15.0 Å². The molecule has 2 heterocycles. The lowest BCUT2D eigenvalue weighted by Gasteiger charge is -1.97. The van der Waals surface area contributed by atoms with Crippen molar-refractivity contribution in [1.82, 2.24) is 25.1 Å². The third kappa shape index (κ3) is 1.57. The van der Waals surface area contributed by atoms with Gasteiger partial charge in [-0.05, 0) is 0 Å². The van der Waals surface area contributed by atoms with Gasteiger partial charge in [0.1, 0.15) is 0 Å². The fourth-order valence-corrected chi connectivity index (χ4v) is 1.20. The summed E-state index contributed by atoms with van der Waals surface area (Å²) >= 11 is 0. The fraction of sp³-hybridized carbons (Fsp3) is 0.375. The standard InChI is InChI=1S/C8H11N5O/c1-2-7-11-8-9-3-6(4-10-14)5-13(8)12-7/h3,5,10,14H,2,4H2,1H3. The van der Waals surface area contributed by atoms with Gasteiger partial charge in [-0.3, -0.25) is 0 Å². The van der Waals surface area contributed by atoms with Gasteiger partial charge in [-0.2, -0.15) is 4.98 Å². The number of hydrogen-bond donors (Lipinski definition) is 2. The van der Waals surface area contributed by atoms with Crippen molar-refractivity contribution in [2.75, 3.05) is 0 Å². The van der Waals surface area contributed by atoms with Crippen LogP contribution in [0.1, 0.15) is 18.3 Å². The van der Waals surface area contributed by atoms with Crippen molar-refractivity contribution in [3.63, 3.8) is 0 Å². The minimum atomic E-state index is 0.351. The summed E-state index contributed by atoms with van der Waals surface area (Å²) in [4.78, 5) is 8.30. The Morgan fingerprint density at radius 1 is 1.57 bits per heavy atom. The van der Waals surface area contributed by atoms with Gasteiger partial charge in [-0.15, -0.1) is 5.10 Å². The number of nitrogens with one attached hydrogen (secondary N) is 1. The lowest BCUT2D eigenvalue weighted by atomic mass is 10.3. The minimum Gasteiger partial charge on any atom is -0.316 e. The van der Waals surface area contributed by atoms with E-state index >= 15 is 0 Å². The summed E-state index contributed by atoms with van der Waals surface area (Å²) in [5.41, 5.74) is 2.92. The number of hydroxylamine groups is 1. The second-order valence-corrected chi connectivity index (χ2v) is 2.92. The zero-order valence-corrected chi connectivity index (χ0v) is 7.80. The van der Waals surface area contributed by atoms with Gasteiger partial charge >= 0.3 is 0 Å². The van der Waals surface area contributed by atoms with Crippen molar-refractivity contribution in [3.05, 3.63) is 23.8 Å². The summed E-state index contributed by atoms with van der Waals surface area (Å²) in [6.45, 7) is 2.34. The second kappa shape index (κ2) is 3.69. The van der Waals surface area contributed by atoms with Crippen LogP contribution in [0.3, 0.4) is 0 Å². The summed E-state index contributed by atoms with van der Waals surface area (Å²) in [7, 11) is 0. The van der Waals surface area contributed by atoms with E-state index in [1.165, 1.54) is 0 Å². The Kier molecular flexibility index (Phi) is 2.38. The Bertz CT molecular complexity index is 438. The van der Waals surface area contributed by atoms with E-state index in [0.717, 1.165) is 17.8 Å². The quantitative estimate of drug-likeness (QED) is 0.679. The molecule has 0 bridgehead atoms. The number of nitrogens with zero attached hydrogens (tertiary/aromatic N) is 4. The molecule has 0 aliphatic heterocycles. The Balaban J connectivity index is 2.43. The Labute approximate surface area is 80.6 Å².